The van der Waals surface area contributed by atoms with E-state index in [1.165, 1.54) is 0 Å². The minimum atomic E-state index is 0.250. The lowest BCUT2D eigenvalue weighted by Crippen LogP contribution is -1.90. The smallest absolute Gasteiger partial charge is 0.373 e. The monoisotopic (exact) mass is 428 g/mol. The maximum atomic E-state index is 8.12. The van der Waals surface area contributed by atoms with Crippen molar-refractivity contribution in [1.82, 2.24) is 29.2 Å². The highest BCUT2D eigenvalue weighted by Gasteiger charge is 1.98. The molecule has 1 N–H and O–H groups in total. The van der Waals surface area contributed by atoms with E-state index in [0.29, 0.717) is 0 Å². The van der Waals surface area contributed by atoms with E-state index in [1.807, 2.05) is 53.7 Å². The third kappa shape index (κ3) is 10.3. The van der Waals surface area contributed by atoms with Crippen molar-refractivity contribution in [3.05, 3.63) is 60.2 Å². The van der Waals surface area contributed by atoms with E-state index >= 15 is 0 Å². The zero-order valence-corrected chi connectivity index (χ0v) is 17.7. The molecule has 0 saturated carbocycles. The summed E-state index contributed by atoms with van der Waals surface area (Å²) in [5.41, 5.74) is 5.19. The van der Waals surface area contributed by atoms with E-state index in [9.17, 15) is 0 Å². The van der Waals surface area contributed by atoms with Crippen LogP contribution >= 0.6 is 0 Å². The Hall–Kier alpha value is -4.04. The van der Waals surface area contributed by atoms with Crippen molar-refractivity contribution in [2.45, 2.75) is 34.1 Å². The molecule has 0 spiro atoms. The fraction of sp³-hybridized carbons (Fsp3) is 0.300. The predicted molar refractivity (Wildman–Crippen MR) is 108 cm³/mol. The molecule has 4 heterocycles. The Morgan fingerprint density at radius 3 is 1.90 bits per heavy atom. The normalized spacial score (nSPS) is 8.68. The highest BCUT2D eigenvalue weighted by Crippen LogP contribution is 2.05. The van der Waals surface area contributed by atoms with Crippen molar-refractivity contribution >= 4 is 23.3 Å². The molecule has 11 nitrogen and oxygen atoms in total. The van der Waals surface area contributed by atoms with Gasteiger partial charge < -0.3 is 5.11 Å². The molecule has 4 aromatic heterocycles. The van der Waals surface area contributed by atoms with Gasteiger partial charge in [0.15, 0.2) is 0 Å². The first-order valence-electron chi connectivity index (χ1n) is 9.06. The van der Waals surface area contributed by atoms with Crippen LogP contribution in [0.5, 0.6) is 0 Å². The van der Waals surface area contributed by atoms with Gasteiger partial charge in [0.1, 0.15) is 0 Å². The molecular formula is C20H24N6O5. The van der Waals surface area contributed by atoms with Gasteiger partial charge in [-0.15, -0.1) is 0 Å². The summed E-state index contributed by atoms with van der Waals surface area (Å²) in [4.78, 5) is 40.8. The lowest BCUT2D eigenvalue weighted by molar-refractivity contribution is -0.193. The minimum absolute atomic E-state index is 0.250. The van der Waals surface area contributed by atoms with Crippen LogP contribution < -0.4 is 0 Å². The van der Waals surface area contributed by atoms with Gasteiger partial charge in [-0.3, -0.25) is 9.97 Å². The van der Waals surface area contributed by atoms with Crippen molar-refractivity contribution in [1.29, 1.82) is 0 Å². The van der Waals surface area contributed by atoms with Crippen LogP contribution in [0.1, 0.15) is 30.9 Å². The fourth-order valence-electron chi connectivity index (χ4n) is 2.13. The number of rotatable bonds is 1. The number of aliphatic hydroxyl groups excluding tert-OH is 1. The van der Waals surface area contributed by atoms with E-state index < -0.39 is 0 Å². The molecule has 0 radical (unpaired) electrons. The summed E-state index contributed by atoms with van der Waals surface area (Å²) in [5, 5.41) is 16.0. The molecule has 31 heavy (non-hydrogen) atoms. The summed E-state index contributed by atoms with van der Waals surface area (Å²) >= 11 is 0. The second-order valence-electron chi connectivity index (χ2n) is 5.60. The van der Waals surface area contributed by atoms with E-state index in [2.05, 4.69) is 33.2 Å². The molecule has 0 aliphatic carbocycles. The van der Waals surface area contributed by atoms with Gasteiger partial charge in [0.2, 0.25) is 0 Å². The van der Waals surface area contributed by atoms with Crippen LogP contribution in [0.15, 0.2) is 43.1 Å². The first-order valence-corrected chi connectivity index (χ1v) is 9.06. The van der Waals surface area contributed by atoms with Gasteiger partial charge in [-0.2, -0.15) is 29.4 Å². The average molecular weight is 428 g/mol. The summed E-state index contributed by atoms with van der Waals surface area (Å²) in [6.07, 6.45) is 10.7. The highest BCUT2D eigenvalue weighted by molar-refractivity contribution is 5.45. The van der Waals surface area contributed by atoms with Crippen LogP contribution in [0.4, 0.5) is 0 Å². The van der Waals surface area contributed by atoms with Gasteiger partial charge in [0, 0.05) is 6.61 Å². The molecule has 11 heteroatoms. The standard InChI is InChI=1S/C9H11N3.C7H7N3.C2H6O.2CO2/c1-3-8-4-9-5-10-7(2)6-12(9)11-8;1-6-5-10-7(4-8-6)2-3-9-10;1-2-3;2*2-1-3/h4-6H,3H2,1-2H3;2-5H,1H3;3H,2H2,1H3;;. The largest absolute Gasteiger partial charge is 0.397 e. The van der Waals surface area contributed by atoms with Gasteiger partial charge in [-0.05, 0) is 39.3 Å². The number of aliphatic hydroxyl groups is 1. The topological polar surface area (TPSA) is 149 Å². The molecule has 0 saturated heterocycles. The van der Waals surface area contributed by atoms with Gasteiger partial charge in [-0.1, -0.05) is 6.92 Å². The summed E-state index contributed by atoms with van der Waals surface area (Å²) in [5.74, 6) is 0. The zero-order valence-electron chi connectivity index (χ0n) is 17.7. The van der Waals surface area contributed by atoms with Crippen molar-refractivity contribution < 1.29 is 24.3 Å². The van der Waals surface area contributed by atoms with E-state index in [0.717, 1.165) is 34.5 Å². The summed E-state index contributed by atoms with van der Waals surface area (Å²) in [6, 6.07) is 3.98. The first-order chi connectivity index (χ1) is 14.9. The van der Waals surface area contributed by atoms with Crippen LogP contribution in [-0.2, 0) is 25.6 Å². The molecule has 0 fully saturated rings. The molecule has 0 aliphatic heterocycles. The lowest BCUT2D eigenvalue weighted by atomic mass is 10.3. The first kappa shape index (κ1) is 27.0. The Bertz CT molecular complexity index is 1100. The quantitative estimate of drug-likeness (QED) is 0.475. The van der Waals surface area contributed by atoms with Crippen LogP contribution in [-0.4, -0.2) is 53.2 Å². The van der Waals surface area contributed by atoms with E-state index in [-0.39, 0.29) is 18.9 Å². The maximum absolute atomic E-state index is 8.12. The molecule has 0 unspecified atom stereocenters. The average Bonchev–Trinajstić information content (AvgIpc) is 3.36. The Labute approximate surface area is 178 Å². The second kappa shape index (κ2) is 15.8. The fourth-order valence-corrected chi connectivity index (χ4v) is 2.13. The Kier molecular flexibility index (Phi) is 13.8. The molecule has 0 aromatic carbocycles. The predicted octanol–water partition coefficient (Wildman–Crippen LogP) is 1.47. The van der Waals surface area contributed by atoms with Crippen LogP contribution in [0, 0.1) is 13.8 Å². The van der Waals surface area contributed by atoms with E-state index in [4.69, 9.17) is 24.3 Å². The molecule has 0 amide bonds. The van der Waals surface area contributed by atoms with Crippen LogP contribution in [0.25, 0.3) is 11.0 Å². The SMILES string of the molecule is CCO.CCc1cc2cnc(C)cn2n1.Cc1cn2nccc2cn1.O=C=O.O=C=O. The van der Waals surface area contributed by atoms with Crippen molar-refractivity contribution in [2.75, 3.05) is 6.61 Å². The Morgan fingerprint density at radius 1 is 0.903 bits per heavy atom. The summed E-state index contributed by atoms with van der Waals surface area (Å²) < 4.78 is 3.68. The summed E-state index contributed by atoms with van der Waals surface area (Å²) in [7, 11) is 0. The highest BCUT2D eigenvalue weighted by atomic mass is 16.2. The number of fused-ring (bicyclic) bond motifs is 2. The molecule has 4 rings (SSSR count). The Balaban J connectivity index is 0.000000427. The number of aromatic nitrogens is 6. The molecule has 0 bridgehead atoms. The van der Waals surface area contributed by atoms with Crippen LogP contribution in [0.2, 0.25) is 0 Å². The number of nitrogens with zero attached hydrogens (tertiary/aromatic N) is 6. The minimum Gasteiger partial charge on any atom is -0.397 e. The van der Waals surface area contributed by atoms with Crippen molar-refractivity contribution in [3.8, 4) is 0 Å². The number of aryl methyl sites for hydroxylation is 3. The van der Waals surface area contributed by atoms with E-state index in [1.54, 1.807) is 13.1 Å². The second-order valence-corrected chi connectivity index (χ2v) is 5.60. The van der Waals surface area contributed by atoms with Gasteiger partial charge in [0.05, 0.1) is 59.1 Å². The van der Waals surface area contributed by atoms with Crippen molar-refractivity contribution in [2.24, 2.45) is 0 Å². The number of carbonyl (C=O) groups excluding carboxylic acids is 4. The Morgan fingerprint density at radius 2 is 1.39 bits per heavy atom. The molecule has 0 atom stereocenters. The number of hydrogen-bond acceptors (Lipinski definition) is 9. The molecule has 4 aromatic rings. The van der Waals surface area contributed by atoms with Crippen molar-refractivity contribution in [3.63, 3.8) is 0 Å². The third-order valence-electron chi connectivity index (χ3n) is 3.30. The maximum Gasteiger partial charge on any atom is 0.373 e. The van der Waals surface area contributed by atoms with Crippen LogP contribution in [0.3, 0.4) is 0 Å². The van der Waals surface area contributed by atoms with Gasteiger partial charge >= 0.3 is 12.3 Å². The molecule has 0 aliphatic rings. The third-order valence-corrected chi connectivity index (χ3v) is 3.30. The molecule has 164 valence electrons. The number of hydrogen-bond donors (Lipinski definition) is 1. The van der Waals surface area contributed by atoms with Gasteiger partial charge in [-0.25, -0.2) is 9.03 Å². The zero-order chi connectivity index (χ0) is 23.6. The molecular weight excluding hydrogens is 404 g/mol. The lowest BCUT2D eigenvalue weighted by Gasteiger charge is -1.92. The van der Waals surface area contributed by atoms with Gasteiger partial charge in [0.25, 0.3) is 0 Å². The summed E-state index contributed by atoms with van der Waals surface area (Å²) in [6.45, 7) is 7.94.